The maximum atomic E-state index is 12.0. The van der Waals surface area contributed by atoms with Crippen LogP contribution in [0.1, 0.15) is 25.8 Å². The molecule has 0 spiro atoms. The molecule has 0 saturated carbocycles. The highest BCUT2D eigenvalue weighted by Gasteiger charge is 2.22. The zero-order valence-corrected chi connectivity index (χ0v) is 14.0. The second-order valence-electron chi connectivity index (χ2n) is 6.24. The predicted octanol–water partition coefficient (Wildman–Crippen LogP) is 2.43. The van der Waals surface area contributed by atoms with Gasteiger partial charge in [-0.15, -0.1) is 0 Å². The van der Waals surface area contributed by atoms with Gasteiger partial charge in [-0.3, -0.25) is 9.69 Å². The fourth-order valence-corrected chi connectivity index (χ4v) is 2.96. The van der Waals surface area contributed by atoms with Crippen LogP contribution in [0.15, 0.2) is 24.3 Å². The smallest absolute Gasteiger partial charge is 0.225 e. The minimum atomic E-state index is 0.108. The molecule has 0 atom stereocenters. The van der Waals surface area contributed by atoms with Crippen molar-refractivity contribution >= 4 is 5.91 Å². The molecule has 1 heterocycles. The van der Waals surface area contributed by atoms with Crippen LogP contribution >= 0.6 is 0 Å². The summed E-state index contributed by atoms with van der Waals surface area (Å²) in [6, 6.07) is 8.23. The topological polar surface area (TPSA) is 32.8 Å². The molecule has 1 aliphatic heterocycles. The minimum Gasteiger partial charge on any atom is -0.496 e. The van der Waals surface area contributed by atoms with Crippen LogP contribution in [-0.4, -0.2) is 55.5 Å². The van der Waals surface area contributed by atoms with Crippen molar-refractivity contribution in [2.45, 2.75) is 26.7 Å². The van der Waals surface area contributed by atoms with E-state index in [0.29, 0.717) is 0 Å². The molecular formula is C18H28N2O2. The fourth-order valence-electron chi connectivity index (χ4n) is 2.96. The lowest BCUT2D eigenvalue weighted by atomic mass is 10.1. The molecule has 0 bridgehead atoms. The monoisotopic (exact) mass is 304 g/mol. The molecule has 1 fully saturated rings. The molecule has 0 unspecified atom stereocenters. The fraction of sp³-hybridized carbons (Fsp3) is 0.611. The first-order valence-electron chi connectivity index (χ1n) is 8.25. The molecule has 4 nitrogen and oxygen atoms in total. The Morgan fingerprint density at radius 3 is 2.50 bits per heavy atom. The van der Waals surface area contributed by atoms with E-state index in [0.717, 1.165) is 51.3 Å². The number of hydrogen-bond donors (Lipinski definition) is 0. The summed E-state index contributed by atoms with van der Waals surface area (Å²) in [6.45, 7) is 8.75. The van der Waals surface area contributed by atoms with Crippen molar-refractivity contribution in [2.75, 3.05) is 39.8 Å². The Labute approximate surface area is 134 Å². The largest absolute Gasteiger partial charge is 0.496 e. The van der Waals surface area contributed by atoms with Crippen LogP contribution in [0.25, 0.3) is 0 Å². The van der Waals surface area contributed by atoms with Crippen molar-refractivity contribution in [2.24, 2.45) is 5.92 Å². The van der Waals surface area contributed by atoms with Crippen molar-refractivity contribution < 1.29 is 9.53 Å². The number of benzene rings is 1. The first kappa shape index (κ1) is 16.8. The number of hydrogen-bond acceptors (Lipinski definition) is 3. The number of ether oxygens (including phenoxy) is 1. The molecule has 1 aromatic rings. The first-order valence-corrected chi connectivity index (χ1v) is 8.25. The maximum absolute atomic E-state index is 12.0. The number of rotatable bonds is 6. The van der Waals surface area contributed by atoms with Crippen LogP contribution in [0.4, 0.5) is 0 Å². The SMILES string of the molecule is COc1ccccc1CCCN1CCN(C(=O)C(C)C)CC1. The summed E-state index contributed by atoms with van der Waals surface area (Å²) in [6.07, 6.45) is 2.16. The third-order valence-corrected chi connectivity index (χ3v) is 4.29. The highest BCUT2D eigenvalue weighted by Crippen LogP contribution is 2.19. The van der Waals surface area contributed by atoms with Gasteiger partial charge in [-0.2, -0.15) is 0 Å². The number of carbonyl (C=O) groups excluding carboxylic acids is 1. The van der Waals surface area contributed by atoms with E-state index in [-0.39, 0.29) is 11.8 Å². The van der Waals surface area contributed by atoms with Crippen molar-refractivity contribution in [3.05, 3.63) is 29.8 Å². The number of carbonyl (C=O) groups is 1. The molecule has 122 valence electrons. The second kappa shape index (κ2) is 8.18. The standard InChI is InChI=1S/C18H28N2O2/c1-15(2)18(21)20-13-11-19(12-14-20)10-6-8-16-7-4-5-9-17(16)22-3/h4-5,7,9,15H,6,8,10-14H2,1-3H3. The van der Waals surface area contributed by atoms with Gasteiger partial charge in [-0.1, -0.05) is 32.0 Å². The van der Waals surface area contributed by atoms with Gasteiger partial charge >= 0.3 is 0 Å². The molecule has 0 aliphatic carbocycles. The molecular weight excluding hydrogens is 276 g/mol. The number of methoxy groups -OCH3 is 1. The van der Waals surface area contributed by atoms with Crippen molar-refractivity contribution in [1.29, 1.82) is 0 Å². The van der Waals surface area contributed by atoms with E-state index in [4.69, 9.17) is 4.74 Å². The zero-order chi connectivity index (χ0) is 15.9. The van der Waals surface area contributed by atoms with Crippen LogP contribution in [-0.2, 0) is 11.2 Å². The van der Waals surface area contributed by atoms with Gasteiger partial charge in [0.15, 0.2) is 0 Å². The quantitative estimate of drug-likeness (QED) is 0.809. The molecule has 0 N–H and O–H groups in total. The van der Waals surface area contributed by atoms with Crippen molar-refractivity contribution in [3.63, 3.8) is 0 Å². The van der Waals surface area contributed by atoms with Crippen LogP contribution in [0, 0.1) is 5.92 Å². The van der Waals surface area contributed by atoms with E-state index in [2.05, 4.69) is 17.0 Å². The Morgan fingerprint density at radius 2 is 1.86 bits per heavy atom. The second-order valence-corrected chi connectivity index (χ2v) is 6.24. The summed E-state index contributed by atoms with van der Waals surface area (Å²) < 4.78 is 5.39. The Morgan fingerprint density at radius 1 is 1.18 bits per heavy atom. The highest BCUT2D eigenvalue weighted by atomic mass is 16.5. The zero-order valence-electron chi connectivity index (χ0n) is 14.0. The normalized spacial score (nSPS) is 16.1. The van der Waals surface area contributed by atoms with Crippen LogP contribution in [0.3, 0.4) is 0 Å². The highest BCUT2D eigenvalue weighted by molar-refractivity contribution is 5.78. The van der Waals surface area contributed by atoms with E-state index >= 15 is 0 Å². The molecule has 1 amide bonds. The Bertz CT molecular complexity index is 480. The van der Waals surface area contributed by atoms with E-state index < -0.39 is 0 Å². The van der Waals surface area contributed by atoms with Crippen LogP contribution in [0.5, 0.6) is 5.75 Å². The van der Waals surface area contributed by atoms with Gasteiger partial charge in [-0.25, -0.2) is 0 Å². The van der Waals surface area contributed by atoms with Gasteiger partial charge in [0, 0.05) is 32.1 Å². The summed E-state index contributed by atoms with van der Waals surface area (Å²) in [5.74, 6) is 1.38. The molecule has 0 radical (unpaired) electrons. The average Bonchev–Trinajstić information content (AvgIpc) is 2.55. The van der Waals surface area contributed by atoms with E-state index in [9.17, 15) is 4.79 Å². The van der Waals surface area contributed by atoms with E-state index in [1.807, 2.05) is 30.9 Å². The number of para-hydroxylation sites is 1. The number of nitrogens with zero attached hydrogens (tertiary/aromatic N) is 2. The van der Waals surface area contributed by atoms with Crippen LogP contribution in [0.2, 0.25) is 0 Å². The molecule has 0 aromatic heterocycles. The molecule has 4 heteroatoms. The summed E-state index contributed by atoms with van der Waals surface area (Å²) in [5.41, 5.74) is 1.28. The Kier molecular flexibility index (Phi) is 6.25. The lowest BCUT2D eigenvalue weighted by Crippen LogP contribution is -2.49. The number of aryl methyl sites for hydroxylation is 1. The third kappa shape index (κ3) is 4.47. The van der Waals surface area contributed by atoms with Crippen LogP contribution < -0.4 is 4.74 Å². The molecule has 2 rings (SSSR count). The van der Waals surface area contributed by atoms with Gasteiger partial charge in [0.1, 0.15) is 5.75 Å². The van der Waals surface area contributed by atoms with Gasteiger partial charge < -0.3 is 9.64 Å². The van der Waals surface area contributed by atoms with E-state index in [1.54, 1.807) is 7.11 Å². The third-order valence-electron chi connectivity index (χ3n) is 4.29. The first-order chi connectivity index (χ1) is 10.6. The lowest BCUT2D eigenvalue weighted by Gasteiger charge is -2.35. The average molecular weight is 304 g/mol. The predicted molar refractivity (Wildman–Crippen MR) is 89.2 cm³/mol. The van der Waals surface area contributed by atoms with Gasteiger partial charge in [0.25, 0.3) is 0 Å². The Hall–Kier alpha value is -1.55. The summed E-state index contributed by atoms with van der Waals surface area (Å²) in [4.78, 5) is 16.4. The van der Waals surface area contributed by atoms with Gasteiger partial charge in [-0.05, 0) is 31.0 Å². The Balaban J connectivity index is 1.72. The van der Waals surface area contributed by atoms with Gasteiger partial charge in [0.2, 0.25) is 5.91 Å². The van der Waals surface area contributed by atoms with Gasteiger partial charge in [0.05, 0.1) is 7.11 Å². The number of amides is 1. The molecule has 1 aliphatic rings. The lowest BCUT2D eigenvalue weighted by molar-refractivity contribution is -0.136. The molecule has 1 aromatic carbocycles. The summed E-state index contributed by atoms with van der Waals surface area (Å²) >= 11 is 0. The van der Waals surface area contributed by atoms with Crippen molar-refractivity contribution in [3.8, 4) is 5.75 Å². The summed E-state index contributed by atoms with van der Waals surface area (Å²) in [7, 11) is 1.73. The van der Waals surface area contributed by atoms with Crippen molar-refractivity contribution in [1.82, 2.24) is 9.80 Å². The summed E-state index contributed by atoms with van der Waals surface area (Å²) in [5, 5.41) is 0. The van der Waals surface area contributed by atoms with E-state index in [1.165, 1.54) is 5.56 Å². The molecule has 22 heavy (non-hydrogen) atoms. The number of piperazine rings is 1. The maximum Gasteiger partial charge on any atom is 0.225 e. The molecule has 1 saturated heterocycles. The minimum absolute atomic E-state index is 0.108.